The summed E-state index contributed by atoms with van der Waals surface area (Å²) in [5.74, 6) is 2.18. The molecule has 0 spiro atoms. The number of Topliss-reactive ketones (excluding diaryl/α,β-unsaturated/α-hetero) is 1. The second kappa shape index (κ2) is 8.31. The van der Waals surface area contributed by atoms with Crippen LogP contribution in [0, 0.1) is 0 Å². The summed E-state index contributed by atoms with van der Waals surface area (Å²) >= 11 is 5.71. The minimum atomic E-state index is -0.0119. The first kappa shape index (κ1) is 20.0. The number of aryl methyl sites for hydroxylation is 1. The van der Waals surface area contributed by atoms with Gasteiger partial charge in [-0.15, -0.1) is 11.6 Å². The average molecular weight is 435 g/mol. The minimum absolute atomic E-state index is 0.0119. The molecule has 2 aromatic heterocycles. The van der Waals surface area contributed by atoms with Crippen LogP contribution in [0.5, 0.6) is 0 Å². The van der Waals surface area contributed by atoms with Crippen LogP contribution in [-0.2, 0) is 11.2 Å². The topological polar surface area (TPSA) is 63.4 Å². The number of ketones is 1. The van der Waals surface area contributed by atoms with Gasteiger partial charge in [-0.25, -0.2) is 0 Å². The summed E-state index contributed by atoms with van der Waals surface area (Å²) in [6.07, 6.45) is 4.83. The lowest BCUT2D eigenvalue weighted by atomic mass is 9.93. The molecule has 0 atom stereocenters. The van der Waals surface area contributed by atoms with E-state index in [0.29, 0.717) is 19.5 Å². The molecule has 5 nitrogen and oxygen atoms in total. The molecule has 1 aliphatic carbocycles. The van der Waals surface area contributed by atoms with Crippen molar-refractivity contribution < 1.29 is 14.0 Å². The highest BCUT2D eigenvalue weighted by atomic mass is 35.5. The molecule has 1 aromatic carbocycles. The van der Waals surface area contributed by atoms with E-state index in [0.717, 1.165) is 58.7 Å². The Morgan fingerprint density at radius 3 is 2.68 bits per heavy atom. The van der Waals surface area contributed by atoms with Crippen LogP contribution in [-0.4, -0.2) is 40.5 Å². The maximum Gasteiger partial charge on any atom is 0.237 e. The third-order valence-electron chi connectivity index (χ3n) is 6.35. The minimum Gasteiger partial charge on any atom is -0.460 e. The molecule has 0 saturated carbocycles. The summed E-state index contributed by atoms with van der Waals surface area (Å²) in [4.78, 5) is 30.3. The fraction of sp³-hybridized carbons (Fsp3) is 0.320. The lowest BCUT2D eigenvalue weighted by Gasteiger charge is -2.30. The number of nitrogens with zero attached hydrogens (tertiary/aromatic N) is 2. The SMILES string of the molecule is O=C1CCc2cc(-c3oc(C4CCN(C(=O)CCl)CC4)cc3-c3ccccn3)ccc21. The molecule has 158 valence electrons. The highest BCUT2D eigenvalue weighted by Gasteiger charge is 2.28. The summed E-state index contributed by atoms with van der Waals surface area (Å²) < 4.78 is 6.45. The van der Waals surface area contributed by atoms with Gasteiger partial charge in [0.2, 0.25) is 5.91 Å². The van der Waals surface area contributed by atoms with Gasteiger partial charge in [-0.2, -0.15) is 0 Å². The Labute approximate surface area is 186 Å². The van der Waals surface area contributed by atoms with Crippen molar-refractivity contribution in [3.05, 3.63) is 65.5 Å². The van der Waals surface area contributed by atoms with Crippen molar-refractivity contribution in [1.82, 2.24) is 9.88 Å². The summed E-state index contributed by atoms with van der Waals surface area (Å²) in [5, 5.41) is 0. The molecular weight excluding hydrogens is 412 g/mol. The maximum atomic E-state index is 12.0. The van der Waals surface area contributed by atoms with Crippen LogP contribution in [0.25, 0.3) is 22.6 Å². The predicted molar refractivity (Wildman–Crippen MR) is 119 cm³/mol. The van der Waals surface area contributed by atoms with Gasteiger partial charge in [0, 0.05) is 48.3 Å². The first-order chi connectivity index (χ1) is 15.1. The van der Waals surface area contributed by atoms with Crippen molar-refractivity contribution >= 4 is 23.3 Å². The van der Waals surface area contributed by atoms with Crippen LogP contribution >= 0.6 is 11.6 Å². The van der Waals surface area contributed by atoms with Gasteiger partial charge in [0.15, 0.2) is 5.78 Å². The number of aromatic nitrogens is 1. The second-order valence-corrected chi connectivity index (χ2v) is 8.46. The van der Waals surface area contributed by atoms with Gasteiger partial charge in [-0.05, 0) is 49.1 Å². The summed E-state index contributed by atoms with van der Waals surface area (Å²) in [5.41, 5.74) is 4.69. The highest BCUT2D eigenvalue weighted by Crippen LogP contribution is 2.40. The average Bonchev–Trinajstić information content (AvgIpc) is 3.43. The van der Waals surface area contributed by atoms with Crippen molar-refractivity contribution in [2.45, 2.75) is 31.6 Å². The van der Waals surface area contributed by atoms with E-state index in [-0.39, 0.29) is 23.5 Å². The van der Waals surface area contributed by atoms with Crippen molar-refractivity contribution in [3.63, 3.8) is 0 Å². The number of carbonyl (C=O) groups is 2. The number of benzene rings is 1. The third-order valence-corrected chi connectivity index (χ3v) is 6.57. The predicted octanol–water partition coefficient (Wildman–Crippen LogP) is 5.08. The van der Waals surface area contributed by atoms with Crippen LogP contribution in [0.4, 0.5) is 0 Å². The lowest BCUT2D eigenvalue weighted by Crippen LogP contribution is -2.38. The van der Waals surface area contributed by atoms with Gasteiger partial charge in [-0.1, -0.05) is 18.2 Å². The van der Waals surface area contributed by atoms with Crippen LogP contribution in [0.3, 0.4) is 0 Å². The number of likely N-dealkylation sites (tertiary alicyclic amines) is 1. The van der Waals surface area contributed by atoms with Gasteiger partial charge in [0.25, 0.3) is 0 Å². The molecule has 3 aromatic rings. The van der Waals surface area contributed by atoms with Crippen LogP contribution < -0.4 is 0 Å². The number of rotatable bonds is 4. The van der Waals surface area contributed by atoms with Crippen LogP contribution in [0.1, 0.15) is 46.9 Å². The number of furan rings is 1. The zero-order valence-electron chi connectivity index (χ0n) is 17.1. The molecule has 1 fully saturated rings. The molecule has 1 aliphatic heterocycles. The summed E-state index contributed by atoms with van der Waals surface area (Å²) in [6.45, 7) is 1.37. The van der Waals surface area contributed by atoms with E-state index in [2.05, 4.69) is 17.1 Å². The molecule has 0 N–H and O–H groups in total. The Hall–Kier alpha value is -2.92. The Balaban J connectivity index is 1.50. The molecule has 1 saturated heterocycles. The quantitative estimate of drug-likeness (QED) is 0.537. The number of pyridine rings is 1. The van der Waals surface area contributed by atoms with Gasteiger partial charge >= 0.3 is 0 Å². The number of hydrogen-bond donors (Lipinski definition) is 0. The zero-order valence-corrected chi connectivity index (χ0v) is 17.9. The van der Waals surface area contributed by atoms with Crippen LogP contribution in [0.2, 0.25) is 0 Å². The number of amides is 1. The Morgan fingerprint density at radius 2 is 1.94 bits per heavy atom. The maximum absolute atomic E-state index is 12.0. The first-order valence-corrected chi connectivity index (χ1v) is 11.2. The van der Waals surface area contributed by atoms with Crippen molar-refractivity contribution in [2.24, 2.45) is 0 Å². The van der Waals surface area contributed by atoms with Gasteiger partial charge in [0.1, 0.15) is 17.4 Å². The second-order valence-electron chi connectivity index (χ2n) is 8.19. The molecule has 31 heavy (non-hydrogen) atoms. The van der Waals surface area contributed by atoms with E-state index < -0.39 is 0 Å². The molecule has 3 heterocycles. The highest BCUT2D eigenvalue weighted by molar-refractivity contribution is 6.27. The monoisotopic (exact) mass is 434 g/mol. The first-order valence-electron chi connectivity index (χ1n) is 10.7. The van der Waals surface area contributed by atoms with Crippen molar-refractivity contribution in [3.8, 4) is 22.6 Å². The number of fused-ring (bicyclic) bond motifs is 1. The van der Waals surface area contributed by atoms with E-state index in [1.807, 2.05) is 35.2 Å². The molecule has 5 rings (SSSR count). The largest absolute Gasteiger partial charge is 0.460 e. The molecule has 0 unspecified atom stereocenters. The molecule has 0 radical (unpaired) electrons. The van der Waals surface area contributed by atoms with Gasteiger partial charge in [-0.3, -0.25) is 14.6 Å². The van der Waals surface area contributed by atoms with E-state index in [9.17, 15) is 9.59 Å². The fourth-order valence-electron chi connectivity index (χ4n) is 4.63. The molecule has 2 aliphatic rings. The summed E-state index contributed by atoms with van der Waals surface area (Å²) in [6, 6.07) is 13.9. The van der Waals surface area contributed by atoms with Gasteiger partial charge in [0.05, 0.1) is 5.69 Å². The number of carbonyl (C=O) groups excluding carboxylic acids is 2. The summed E-state index contributed by atoms with van der Waals surface area (Å²) in [7, 11) is 0. The fourth-order valence-corrected chi connectivity index (χ4v) is 4.80. The number of hydrogen-bond acceptors (Lipinski definition) is 4. The van der Waals surface area contributed by atoms with E-state index >= 15 is 0 Å². The number of halogens is 1. The van der Waals surface area contributed by atoms with E-state index in [1.54, 1.807) is 6.20 Å². The molecular formula is C25H23ClN2O3. The van der Waals surface area contributed by atoms with Crippen LogP contribution in [0.15, 0.2) is 53.1 Å². The van der Waals surface area contributed by atoms with Crippen molar-refractivity contribution in [2.75, 3.05) is 19.0 Å². The Bertz CT molecular complexity index is 1130. The lowest BCUT2D eigenvalue weighted by molar-refractivity contribution is -0.129. The Kier molecular flexibility index (Phi) is 5.36. The molecule has 0 bridgehead atoms. The molecule has 6 heteroatoms. The number of alkyl halides is 1. The smallest absolute Gasteiger partial charge is 0.237 e. The zero-order chi connectivity index (χ0) is 21.4. The number of piperidine rings is 1. The third kappa shape index (κ3) is 3.79. The standard InChI is InChI=1S/C25H23ClN2O3/c26-15-24(30)28-11-8-16(9-12-28)23-14-20(21-3-1-2-10-27-21)25(31-23)18-4-6-19-17(13-18)5-7-22(19)29/h1-4,6,10,13-14,16H,5,7-9,11-12,15H2. The Morgan fingerprint density at radius 1 is 1.10 bits per heavy atom. The van der Waals surface area contributed by atoms with E-state index in [4.69, 9.17) is 16.0 Å². The van der Waals surface area contributed by atoms with E-state index in [1.165, 1.54) is 0 Å². The van der Waals surface area contributed by atoms with Gasteiger partial charge < -0.3 is 9.32 Å². The molecule has 1 amide bonds. The van der Waals surface area contributed by atoms with Crippen molar-refractivity contribution in [1.29, 1.82) is 0 Å². The normalized spacial score (nSPS) is 16.5.